The molecule has 6 heteroatoms. The first-order valence-corrected chi connectivity index (χ1v) is 9.31. The molecule has 0 spiro atoms. The predicted octanol–water partition coefficient (Wildman–Crippen LogP) is 3.02. The van der Waals surface area contributed by atoms with Crippen LogP contribution in [0.15, 0.2) is 54.6 Å². The highest BCUT2D eigenvalue weighted by molar-refractivity contribution is 5.88. The van der Waals surface area contributed by atoms with E-state index >= 15 is 0 Å². The number of ether oxygens (including phenoxy) is 2. The third-order valence-corrected chi connectivity index (χ3v) is 4.22. The second-order valence-corrected chi connectivity index (χ2v) is 6.81. The predicted molar refractivity (Wildman–Crippen MR) is 108 cm³/mol. The Kier molecular flexibility index (Phi) is 7.87. The number of benzene rings is 2. The van der Waals surface area contributed by atoms with Gasteiger partial charge in [0, 0.05) is 12.6 Å². The van der Waals surface area contributed by atoms with Gasteiger partial charge in [0.15, 0.2) is 6.61 Å². The summed E-state index contributed by atoms with van der Waals surface area (Å²) in [6.45, 7) is 5.66. The van der Waals surface area contributed by atoms with Gasteiger partial charge in [-0.25, -0.2) is 0 Å². The molecular weight excluding hydrogens is 356 g/mol. The average molecular weight is 384 g/mol. The smallest absolute Gasteiger partial charge is 0.261 e. The highest BCUT2D eigenvalue weighted by atomic mass is 16.5. The van der Waals surface area contributed by atoms with Crippen LogP contribution in [0.2, 0.25) is 0 Å². The SMILES string of the molecule is COc1ccc(CN(C(=O)COc2ccccc2)[C@H](C)C(=O)NC(C)C)cc1. The lowest BCUT2D eigenvalue weighted by molar-refractivity contribution is -0.142. The van der Waals surface area contributed by atoms with E-state index in [1.807, 2.05) is 56.3 Å². The van der Waals surface area contributed by atoms with E-state index in [9.17, 15) is 9.59 Å². The normalized spacial score (nSPS) is 11.6. The summed E-state index contributed by atoms with van der Waals surface area (Å²) >= 11 is 0. The van der Waals surface area contributed by atoms with Crippen LogP contribution >= 0.6 is 0 Å². The van der Waals surface area contributed by atoms with Gasteiger partial charge < -0.3 is 19.7 Å². The molecule has 2 rings (SSSR count). The van der Waals surface area contributed by atoms with Crippen LogP contribution in [0.4, 0.5) is 0 Å². The van der Waals surface area contributed by atoms with Crippen LogP contribution in [0.3, 0.4) is 0 Å². The number of carbonyl (C=O) groups excluding carboxylic acids is 2. The summed E-state index contributed by atoms with van der Waals surface area (Å²) in [7, 11) is 1.60. The summed E-state index contributed by atoms with van der Waals surface area (Å²) in [6.07, 6.45) is 0. The number of hydrogen-bond acceptors (Lipinski definition) is 4. The number of hydrogen-bond donors (Lipinski definition) is 1. The number of para-hydroxylation sites is 1. The molecule has 0 fully saturated rings. The van der Waals surface area contributed by atoms with E-state index in [-0.39, 0.29) is 24.5 Å². The third-order valence-electron chi connectivity index (χ3n) is 4.22. The maximum Gasteiger partial charge on any atom is 0.261 e. The van der Waals surface area contributed by atoms with Crippen molar-refractivity contribution in [3.8, 4) is 11.5 Å². The minimum absolute atomic E-state index is 0.00606. The highest BCUT2D eigenvalue weighted by Gasteiger charge is 2.26. The van der Waals surface area contributed by atoms with Gasteiger partial charge in [-0.05, 0) is 50.6 Å². The molecule has 0 heterocycles. The third kappa shape index (κ3) is 6.30. The highest BCUT2D eigenvalue weighted by Crippen LogP contribution is 2.16. The largest absolute Gasteiger partial charge is 0.497 e. The molecule has 0 unspecified atom stereocenters. The van der Waals surface area contributed by atoms with E-state index in [4.69, 9.17) is 9.47 Å². The Balaban J connectivity index is 2.13. The lowest BCUT2D eigenvalue weighted by Gasteiger charge is -2.29. The Morgan fingerprint density at radius 1 is 0.964 bits per heavy atom. The Labute approximate surface area is 166 Å². The molecule has 0 aliphatic carbocycles. The van der Waals surface area contributed by atoms with Crippen LogP contribution in [-0.4, -0.2) is 42.5 Å². The lowest BCUT2D eigenvalue weighted by Crippen LogP contribution is -2.50. The van der Waals surface area contributed by atoms with Crippen LogP contribution in [0.25, 0.3) is 0 Å². The standard InChI is InChI=1S/C22H28N2O4/c1-16(2)23-22(26)17(3)24(14-18-10-12-19(27-4)13-11-18)21(25)15-28-20-8-6-5-7-9-20/h5-13,16-17H,14-15H2,1-4H3,(H,23,26)/t17-/m1/s1. The first-order valence-electron chi connectivity index (χ1n) is 9.31. The molecule has 0 bridgehead atoms. The molecule has 0 saturated carbocycles. The molecule has 150 valence electrons. The molecule has 0 radical (unpaired) electrons. The minimum atomic E-state index is -0.628. The van der Waals surface area contributed by atoms with E-state index in [2.05, 4.69) is 5.32 Å². The monoisotopic (exact) mass is 384 g/mol. The van der Waals surface area contributed by atoms with Gasteiger partial charge in [0.05, 0.1) is 7.11 Å². The number of nitrogens with zero attached hydrogens (tertiary/aromatic N) is 1. The molecule has 1 atom stereocenters. The second-order valence-electron chi connectivity index (χ2n) is 6.81. The molecule has 28 heavy (non-hydrogen) atoms. The fourth-order valence-corrected chi connectivity index (χ4v) is 2.66. The average Bonchev–Trinajstić information content (AvgIpc) is 2.70. The number of rotatable bonds is 9. The van der Waals surface area contributed by atoms with Crippen LogP contribution in [0, 0.1) is 0 Å². The number of methoxy groups -OCH3 is 1. The molecule has 0 aliphatic heterocycles. The molecular formula is C22H28N2O4. The van der Waals surface area contributed by atoms with Crippen molar-refractivity contribution < 1.29 is 19.1 Å². The Morgan fingerprint density at radius 2 is 1.61 bits per heavy atom. The van der Waals surface area contributed by atoms with Crippen molar-refractivity contribution in [2.24, 2.45) is 0 Å². The van der Waals surface area contributed by atoms with Crippen LogP contribution in [0.5, 0.6) is 11.5 Å². The van der Waals surface area contributed by atoms with E-state index in [0.717, 1.165) is 11.3 Å². The van der Waals surface area contributed by atoms with Gasteiger partial charge >= 0.3 is 0 Å². The number of nitrogens with one attached hydrogen (secondary N) is 1. The summed E-state index contributed by atoms with van der Waals surface area (Å²) < 4.78 is 10.8. The molecule has 1 N–H and O–H groups in total. The maximum atomic E-state index is 12.9. The first kappa shape index (κ1) is 21.3. The van der Waals surface area contributed by atoms with Gasteiger partial charge in [0.2, 0.25) is 5.91 Å². The van der Waals surface area contributed by atoms with E-state index in [0.29, 0.717) is 12.3 Å². The number of carbonyl (C=O) groups is 2. The van der Waals surface area contributed by atoms with Crippen molar-refractivity contribution in [1.82, 2.24) is 10.2 Å². The molecule has 0 aromatic heterocycles. The zero-order chi connectivity index (χ0) is 20.5. The second kappa shape index (κ2) is 10.3. The molecule has 2 aromatic carbocycles. The first-order chi connectivity index (χ1) is 13.4. The van der Waals surface area contributed by atoms with Gasteiger partial charge in [0.25, 0.3) is 5.91 Å². The Bertz CT molecular complexity index is 760. The van der Waals surface area contributed by atoms with Gasteiger partial charge in [0.1, 0.15) is 17.5 Å². The minimum Gasteiger partial charge on any atom is -0.497 e. The fraction of sp³-hybridized carbons (Fsp3) is 0.364. The summed E-state index contributed by atoms with van der Waals surface area (Å²) in [5, 5.41) is 2.86. The molecule has 6 nitrogen and oxygen atoms in total. The van der Waals surface area contributed by atoms with Crippen LogP contribution in [-0.2, 0) is 16.1 Å². The van der Waals surface area contributed by atoms with E-state index < -0.39 is 6.04 Å². The fourth-order valence-electron chi connectivity index (χ4n) is 2.66. The van der Waals surface area contributed by atoms with E-state index in [1.165, 1.54) is 4.90 Å². The zero-order valence-corrected chi connectivity index (χ0v) is 16.8. The maximum absolute atomic E-state index is 12.9. The number of amides is 2. The molecule has 2 amide bonds. The van der Waals surface area contributed by atoms with E-state index in [1.54, 1.807) is 26.2 Å². The van der Waals surface area contributed by atoms with Crippen molar-refractivity contribution in [1.29, 1.82) is 0 Å². The van der Waals surface area contributed by atoms with Crippen molar-refractivity contribution in [2.45, 2.75) is 39.4 Å². The topological polar surface area (TPSA) is 67.9 Å². The lowest BCUT2D eigenvalue weighted by atomic mass is 10.1. The summed E-state index contributed by atoms with van der Waals surface area (Å²) in [5.41, 5.74) is 0.901. The van der Waals surface area contributed by atoms with Crippen molar-refractivity contribution >= 4 is 11.8 Å². The molecule has 2 aromatic rings. The molecule has 0 aliphatic rings. The summed E-state index contributed by atoms with van der Waals surface area (Å²) in [5.74, 6) is 0.891. The van der Waals surface area contributed by atoms with Crippen LogP contribution in [0.1, 0.15) is 26.3 Å². The van der Waals surface area contributed by atoms with Crippen molar-refractivity contribution in [3.63, 3.8) is 0 Å². The Morgan fingerprint density at radius 3 is 2.18 bits per heavy atom. The van der Waals surface area contributed by atoms with Gasteiger partial charge in [-0.2, -0.15) is 0 Å². The van der Waals surface area contributed by atoms with Crippen molar-refractivity contribution in [3.05, 3.63) is 60.2 Å². The summed E-state index contributed by atoms with van der Waals surface area (Å²) in [6, 6.07) is 15.9. The quantitative estimate of drug-likeness (QED) is 0.722. The zero-order valence-electron chi connectivity index (χ0n) is 16.8. The Hall–Kier alpha value is -3.02. The van der Waals surface area contributed by atoms with Gasteiger partial charge in [-0.1, -0.05) is 30.3 Å². The summed E-state index contributed by atoms with van der Waals surface area (Å²) in [4.78, 5) is 26.9. The molecule has 0 saturated heterocycles. The van der Waals surface area contributed by atoms with Crippen LogP contribution < -0.4 is 14.8 Å². The van der Waals surface area contributed by atoms with Gasteiger partial charge in [-0.15, -0.1) is 0 Å². The van der Waals surface area contributed by atoms with Crippen molar-refractivity contribution in [2.75, 3.05) is 13.7 Å². The van der Waals surface area contributed by atoms with Gasteiger partial charge in [-0.3, -0.25) is 9.59 Å².